The third-order valence-electron chi connectivity index (χ3n) is 4.01. The summed E-state index contributed by atoms with van der Waals surface area (Å²) < 4.78 is 44.1. The number of anilines is 1. The van der Waals surface area contributed by atoms with Crippen molar-refractivity contribution in [3.05, 3.63) is 89.5 Å². The minimum atomic E-state index is -4.56. The van der Waals surface area contributed by atoms with Crippen molar-refractivity contribution in [2.45, 2.75) is 19.2 Å². The quantitative estimate of drug-likeness (QED) is 0.627. The Morgan fingerprint density at radius 3 is 2.37 bits per heavy atom. The van der Waals surface area contributed by atoms with E-state index in [9.17, 15) is 22.8 Å². The van der Waals surface area contributed by atoms with Crippen LogP contribution in [-0.2, 0) is 15.7 Å². The fraction of sp³-hybridized carbons (Fsp3) is 0.143. The average molecular weight is 415 g/mol. The van der Waals surface area contributed by atoms with Gasteiger partial charge in [0.05, 0.1) is 17.5 Å². The van der Waals surface area contributed by atoms with Crippen LogP contribution in [0.5, 0.6) is 0 Å². The van der Waals surface area contributed by atoms with Gasteiger partial charge in [-0.25, -0.2) is 9.78 Å². The molecule has 2 aromatic carbocycles. The van der Waals surface area contributed by atoms with Gasteiger partial charge in [0.2, 0.25) is 6.10 Å². The first-order chi connectivity index (χ1) is 14.2. The van der Waals surface area contributed by atoms with Crippen molar-refractivity contribution in [1.29, 1.82) is 0 Å². The van der Waals surface area contributed by atoms with Gasteiger partial charge in [0, 0.05) is 17.4 Å². The first-order valence-electron chi connectivity index (χ1n) is 8.77. The zero-order chi connectivity index (χ0) is 21.7. The van der Waals surface area contributed by atoms with Crippen LogP contribution in [0.1, 0.15) is 33.4 Å². The summed E-state index contributed by atoms with van der Waals surface area (Å²) in [7, 11) is 0. The monoisotopic (exact) mass is 415 g/mol. The molecule has 154 valence electrons. The summed E-state index contributed by atoms with van der Waals surface area (Å²) in [5, 5.41) is 2.37. The zero-order valence-corrected chi connectivity index (χ0v) is 15.7. The number of nitrogens with zero attached hydrogens (tertiary/aromatic N) is 2. The molecule has 1 aromatic heterocycles. The molecular formula is C21H16F3N3O3. The molecule has 3 aromatic rings. The molecule has 0 saturated carbocycles. The number of hydrogen-bond acceptors (Lipinski definition) is 5. The normalized spacial score (nSPS) is 12.1. The lowest BCUT2D eigenvalue weighted by Gasteiger charge is -2.18. The van der Waals surface area contributed by atoms with E-state index in [0.717, 1.165) is 12.1 Å². The maximum atomic E-state index is 12.9. The van der Waals surface area contributed by atoms with Gasteiger partial charge in [0.1, 0.15) is 0 Å². The number of alkyl halides is 3. The number of hydrogen-bond donors (Lipinski definition) is 1. The standard InChI is InChI=1S/C21H16F3N3O3/c1-13-11-26-17(12-25-13)20(29)30-18(14-6-3-2-4-7-14)19(28)27-16-9-5-8-15(10-16)21(22,23)24/h2-12,18H,1H3,(H,27,28)/t18-/m0/s1. The Kier molecular flexibility index (Phi) is 6.10. The van der Waals surface area contributed by atoms with Gasteiger partial charge < -0.3 is 10.1 Å². The van der Waals surface area contributed by atoms with Crippen LogP contribution in [0.4, 0.5) is 18.9 Å². The van der Waals surface area contributed by atoms with Gasteiger partial charge in [-0.2, -0.15) is 13.2 Å². The second-order valence-electron chi connectivity index (χ2n) is 6.31. The van der Waals surface area contributed by atoms with E-state index >= 15 is 0 Å². The van der Waals surface area contributed by atoms with Crippen molar-refractivity contribution in [3.63, 3.8) is 0 Å². The molecule has 6 nitrogen and oxygen atoms in total. The van der Waals surface area contributed by atoms with E-state index in [0.29, 0.717) is 11.3 Å². The van der Waals surface area contributed by atoms with Crippen LogP contribution in [0.15, 0.2) is 67.0 Å². The summed E-state index contributed by atoms with van der Waals surface area (Å²) in [5.74, 6) is -1.70. The summed E-state index contributed by atoms with van der Waals surface area (Å²) in [4.78, 5) is 33.1. The van der Waals surface area contributed by atoms with Crippen LogP contribution in [0.25, 0.3) is 0 Å². The van der Waals surface area contributed by atoms with E-state index in [1.807, 2.05) is 0 Å². The SMILES string of the molecule is Cc1cnc(C(=O)O[C@H](C(=O)Nc2cccc(C(F)(F)F)c2)c2ccccc2)cn1. The van der Waals surface area contributed by atoms with Crippen LogP contribution in [0.3, 0.4) is 0 Å². The van der Waals surface area contributed by atoms with Gasteiger partial charge in [0.15, 0.2) is 5.69 Å². The van der Waals surface area contributed by atoms with Gasteiger partial charge in [-0.15, -0.1) is 0 Å². The number of aryl methyl sites for hydroxylation is 1. The highest BCUT2D eigenvalue weighted by atomic mass is 19.4. The number of rotatable bonds is 5. The number of carbonyl (C=O) groups is 2. The summed E-state index contributed by atoms with van der Waals surface area (Å²) in [5.41, 5.74) is -0.164. The summed E-state index contributed by atoms with van der Waals surface area (Å²) in [6, 6.07) is 12.3. The lowest BCUT2D eigenvalue weighted by Crippen LogP contribution is -2.26. The Morgan fingerprint density at radius 2 is 1.73 bits per heavy atom. The van der Waals surface area contributed by atoms with Gasteiger partial charge in [-0.05, 0) is 25.1 Å². The van der Waals surface area contributed by atoms with E-state index in [1.54, 1.807) is 37.3 Å². The Morgan fingerprint density at radius 1 is 1.00 bits per heavy atom. The Bertz CT molecular complexity index is 1040. The van der Waals surface area contributed by atoms with Crippen LogP contribution in [-0.4, -0.2) is 21.8 Å². The highest BCUT2D eigenvalue weighted by Crippen LogP contribution is 2.31. The predicted molar refractivity (Wildman–Crippen MR) is 101 cm³/mol. The molecular weight excluding hydrogens is 399 g/mol. The molecule has 0 spiro atoms. The zero-order valence-electron chi connectivity index (χ0n) is 15.7. The fourth-order valence-corrected chi connectivity index (χ4v) is 2.55. The number of amides is 1. The molecule has 0 radical (unpaired) electrons. The van der Waals surface area contributed by atoms with Crippen molar-refractivity contribution in [1.82, 2.24) is 9.97 Å². The van der Waals surface area contributed by atoms with Crippen molar-refractivity contribution in [2.75, 3.05) is 5.32 Å². The molecule has 0 aliphatic rings. The smallest absolute Gasteiger partial charge is 0.416 e. The number of carbonyl (C=O) groups excluding carboxylic acids is 2. The maximum Gasteiger partial charge on any atom is 0.416 e. The number of aromatic nitrogens is 2. The molecule has 0 unspecified atom stereocenters. The largest absolute Gasteiger partial charge is 0.443 e. The lowest BCUT2D eigenvalue weighted by atomic mass is 10.1. The second kappa shape index (κ2) is 8.73. The molecule has 9 heteroatoms. The van der Waals surface area contributed by atoms with Crippen molar-refractivity contribution in [3.8, 4) is 0 Å². The molecule has 1 atom stereocenters. The van der Waals surface area contributed by atoms with Crippen LogP contribution in [0, 0.1) is 6.92 Å². The van der Waals surface area contributed by atoms with E-state index in [-0.39, 0.29) is 11.4 Å². The number of esters is 1. The van der Waals surface area contributed by atoms with E-state index in [1.165, 1.54) is 24.5 Å². The van der Waals surface area contributed by atoms with Crippen molar-refractivity contribution < 1.29 is 27.5 Å². The van der Waals surface area contributed by atoms with Crippen molar-refractivity contribution in [2.24, 2.45) is 0 Å². The topological polar surface area (TPSA) is 81.2 Å². The van der Waals surface area contributed by atoms with Gasteiger partial charge in [-0.1, -0.05) is 36.4 Å². The molecule has 1 N–H and O–H groups in total. The van der Waals surface area contributed by atoms with E-state index in [4.69, 9.17) is 4.74 Å². The summed E-state index contributed by atoms with van der Waals surface area (Å²) in [6.07, 6.45) is -3.38. The minimum absolute atomic E-state index is 0.0815. The first kappa shape index (κ1) is 21.0. The van der Waals surface area contributed by atoms with Crippen LogP contribution in [0.2, 0.25) is 0 Å². The fourth-order valence-electron chi connectivity index (χ4n) is 2.55. The molecule has 3 rings (SSSR count). The summed E-state index contributed by atoms with van der Waals surface area (Å²) >= 11 is 0. The third-order valence-corrected chi connectivity index (χ3v) is 4.01. The molecule has 1 amide bonds. The number of ether oxygens (including phenoxy) is 1. The maximum absolute atomic E-state index is 12.9. The molecule has 0 aliphatic heterocycles. The molecule has 1 heterocycles. The lowest BCUT2D eigenvalue weighted by molar-refractivity contribution is -0.137. The van der Waals surface area contributed by atoms with E-state index in [2.05, 4.69) is 15.3 Å². The van der Waals surface area contributed by atoms with Gasteiger partial charge in [0.25, 0.3) is 5.91 Å². The van der Waals surface area contributed by atoms with Gasteiger partial charge >= 0.3 is 12.1 Å². The summed E-state index contributed by atoms with van der Waals surface area (Å²) in [6.45, 7) is 1.69. The highest BCUT2D eigenvalue weighted by Gasteiger charge is 2.31. The Balaban J connectivity index is 1.85. The number of nitrogens with one attached hydrogen (secondary N) is 1. The van der Waals surface area contributed by atoms with Crippen LogP contribution >= 0.6 is 0 Å². The van der Waals surface area contributed by atoms with Crippen molar-refractivity contribution >= 4 is 17.6 Å². The molecule has 0 fully saturated rings. The Hall–Kier alpha value is -3.75. The number of benzene rings is 2. The second-order valence-corrected chi connectivity index (χ2v) is 6.31. The van der Waals surface area contributed by atoms with Gasteiger partial charge in [-0.3, -0.25) is 9.78 Å². The molecule has 0 bridgehead atoms. The van der Waals surface area contributed by atoms with Crippen LogP contribution < -0.4 is 5.32 Å². The third kappa shape index (κ3) is 5.19. The molecule has 0 aliphatic carbocycles. The number of halogens is 3. The predicted octanol–water partition coefficient (Wildman–Crippen LogP) is 4.34. The Labute approximate surface area is 169 Å². The minimum Gasteiger partial charge on any atom is -0.443 e. The van der Waals surface area contributed by atoms with E-state index < -0.39 is 29.7 Å². The molecule has 0 saturated heterocycles. The average Bonchev–Trinajstić information content (AvgIpc) is 2.72. The molecule has 30 heavy (non-hydrogen) atoms. The first-order valence-corrected chi connectivity index (χ1v) is 8.77. The highest BCUT2D eigenvalue weighted by molar-refractivity contribution is 5.97.